The number of para-hydroxylation sites is 1. The average Bonchev–Trinajstić information content (AvgIpc) is 3.25. The first-order valence-corrected chi connectivity index (χ1v) is 10.5. The highest BCUT2D eigenvalue weighted by molar-refractivity contribution is 6.23. The third kappa shape index (κ3) is 2.24. The Kier molecular flexibility index (Phi) is 3.90. The number of ether oxygens (including phenoxy) is 1. The van der Waals surface area contributed by atoms with E-state index in [0.29, 0.717) is 27.8 Å². The molecule has 1 heterocycles. The van der Waals surface area contributed by atoms with Crippen LogP contribution in [0.5, 0.6) is 0 Å². The van der Waals surface area contributed by atoms with Crippen LogP contribution in [0.3, 0.4) is 0 Å². The van der Waals surface area contributed by atoms with Crippen LogP contribution in [0.4, 0.5) is 5.69 Å². The van der Waals surface area contributed by atoms with E-state index >= 15 is 0 Å². The van der Waals surface area contributed by atoms with Crippen molar-refractivity contribution in [3.63, 3.8) is 0 Å². The Morgan fingerprint density at radius 1 is 0.781 bits per heavy atom. The van der Waals surface area contributed by atoms with E-state index in [-0.39, 0.29) is 6.61 Å². The van der Waals surface area contributed by atoms with Crippen LogP contribution in [0.1, 0.15) is 27.0 Å². The SMILES string of the molecule is O=C1c2cccc3cccc(c23)C1(O)[C@@]1(OCc2ccccc2)C(=O)Nc2ccccc21. The average molecular weight is 421 g/mol. The Hall–Kier alpha value is -3.80. The van der Waals surface area contributed by atoms with Crippen LogP contribution in [0.25, 0.3) is 10.8 Å². The first-order valence-electron chi connectivity index (χ1n) is 10.5. The Bertz CT molecular complexity index is 1410. The minimum Gasteiger partial charge on any atom is -0.374 e. The van der Waals surface area contributed by atoms with Crippen molar-refractivity contribution < 1.29 is 19.4 Å². The van der Waals surface area contributed by atoms with Crippen LogP contribution in [0.2, 0.25) is 0 Å². The van der Waals surface area contributed by atoms with E-state index in [9.17, 15) is 14.7 Å². The third-order valence-corrected chi connectivity index (χ3v) is 6.55. The van der Waals surface area contributed by atoms with Gasteiger partial charge in [0.05, 0.1) is 6.61 Å². The van der Waals surface area contributed by atoms with Crippen LogP contribution in [-0.2, 0) is 27.3 Å². The number of hydrogen-bond donors (Lipinski definition) is 2. The summed E-state index contributed by atoms with van der Waals surface area (Å²) < 4.78 is 6.35. The number of amides is 1. The van der Waals surface area contributed by atoms with Crippen molar-refractivity contribution in [1.82, 2.24) is 0 Å². The van der Waals surface area contributed by atoms with E-state index in [0.717, 1.165) is 10.9 Å². The zero-order valence-corrected chi connectivity index (χ0v) is 17.0. The summed E-state index contributed by atoms with van der Waals surface area (Å²) in [6.07, 6.45) is 0. The molecule has 6 rings (SSSR count). The second-order valence-electron chi connectivity index (χ2n) is 8.20. The van der Waals surface area contributed by atoms with Gasteiger partial charge in [0.2, 0.25) is 11.4 Å². The second kappa shape index (κ2) is 6.60. The van der Waals surface area contributed by atoms with Crippen LogP contribution >= 0.6 is 0 Å². The van der Waals surface area contributed by atoms with Crippen LogP contribution < -0.4 is 5.32 Å². The fourth-order valence-electron chi connectivity index (χ4n) is 5.10. The van der Waals surface area contributed by atoms with Gasteiger partial charge >= 0.3 is 0 Å². The number of nitrogens with one attached hydrogen (secondary N) is 1. The van der Waals surface area contributed by atoms with Gasteiger partial charge < -0.3 is 15.2 Å². The van der Waals surface area contributed by atoms with E-state index in [2.05, 4.69) is 5.32 Å². The molecule has 4 aromatic rings. The molecule has 1 unspecified atom stereocenters. The number of Topliss-reactive ketones (excluding diaryl/α,β-unsaturated/α-hetero) is 1. The summed E-state index contributed by atoms with van der Waals surface area (Å²) in [4.78, 5) is 27.5. The standard InChI is InChI=1S/C27H19NO4/c29-24-19-12-6-10-18-11-7-14-21(23(18)19)26(24,31)27(32-16-17-8-2-1-3-9-17)20-13-4-5-15-22(20)28-25(27)30/h1-15,31H,16H2,(H,28,30)/t26?,27-/m0/s1. The molecular weight excluding hydrogens is 402 g/mol. The molecule has 0 aromatic heterocycles. The minimum absolute atomic E-state index is 0.0461. The molecule has 1 amide bonds. The van der Waals surface area contributed by atoms with Gasteiger partial charge in [-0.1, -0.05) is 84.9 Å². The molecule has 1 aliphatic heterocycles. The Balaban J connectivity index is 1.62. The number of fused-ring (bicyclic) bond motifs is 1. The van der Waals surface area contributed by atoms with Crippen LogP contribution in [-0.4, -0.2) is 16.8 Å². The fourth-order valence-corrected chi connectivity index (χ4v) is 5.10. The first kappa shape index (κ1) is 18.9. The highest BCUT2D eigenvalue weighted by Gasteiger charge is 2.69. The lowest BCUT2D eigenvalue weighted by atomic mass is 9.73. The summed E-state index contributed by atoms with van der Waals surface area (Å²) in [5, 5.41) is 16.6. The highest BCUT2D eigenvalue weighted by Crippen LogP contribution is 2.56. The molecule has 2 N–H and O–H groups in total. The lowest BCUT2D eigenvalue weighted by molar-refractivity contribution is -0.184. The molecule has 2 atom stereocenters. The van der Waals surface area contributed by atoms with Gasteiger partial charge in [0.25, 0.3) is 5.91 Å². The van der Waals surface area contributed by atoms with Crippen molar-refractivity contribution in [3.8, 4) is 0 Å². The van der Waals surface area contributed by atoms with Gasteiger partial charge in [-0.05, 0) is 22.4 Å². The molecule has 156 valence electrons. The minimum atomic E-state index is -2.22. The first-order chi connectivity index (χ1) is 15.6. The molecule has 2 aliphatic rings. The number of hydrogen-bond acceptors (Lipinski definition) is 4. The summed E-state index contributed by atoms with van der Waals surface area (Å²) in [6.45, 7) is 0.0461. The number of carbonyl (C=O) groups is 2. The molecule has 5 nitrogen and oxygen atoms in total. The van der Waals surface area contributed by atoms with Crippen molar-refractivity contribution in [2.45, 2.75) is 17.8 Å². The van der Waals surface area contributed by atoms with Gasteiger partial charge in [-0.15, -0.1) is 0 Å². The maximum Gasteiger partial charge on any atom is 0.265 e. The van der Waals surface area contributed by atoms with E-state index in [1.165, 1.54) is 0 Å². The molecule has 0 saturated carbocycles. The molecular formula is C27H19NO4. The van der Waals surface area contributed by atoms with Gasteiger partial charge in [0, 0.05) is 22.4 Å². The number of carbonyl (C=O) groups excluding carboxylic acids is 2. The Morgan fingerprint density at radius 2 is 1.47 bits per heavy atom. The quantitative estimate of drug-likeness (QED) is 0.516. The zero-order valence-electron chi connectivity index (χ0n) is 17.0. The fraction of sp³-hybridized carbons (Fsp3) is 0.111. The second-order valence-corrected chi connectivity index (χ2v) is 8.20. The third-order valence-electron chi connectivity index (χ3n) is 6.55. The lowest BCUT2D eigenvalue weighted by Gasteiger charge is -2.40. The largest absolute Gasteiger partial charge is 0.374 e. The number of ketones is 1. The van der Waals surface area contributed by atoms with Gasteiger partial charge in [-0.25, -0.2) is 0 Å². The summed E-state index contributed by atoms with van der Waals surface area (Å²) >= 11 is 0. The summed E-state index contributed by atoms with van der Waals surface area (Å²) in [5.41, 5.74) is -1.59. The lowest BCUT2D eigenvalue weighted by Crippen LogP contribution is -2.58. The Labute approximate surface area is 184 Å². The van der Waals surface area contributed by atoms with E-state index in [1.807, 2.05) is 42.5 Å². The number of benzene rings is 4. The van der Waals surface area contributed by atoms with E-state index < -0.39 is 22.9 Å². The smallest absolute Gasteiger partial charge is 0.265 e. The van der Waals surface area contributed by atoms with Crippen molar-refractivity contribution >= 4 is 28.2 Å². The zero-order chi connectivity index (χ0) is 21.9. The van der Waals surface area contributed by atoms with E-state index in [4.69, 9.17) is 4.74 Å². The van der Waals surface area contributed by atoms with E-state index in [1.54, 1.807) is 48.5 Å². The molecule has 5 heteroatoms. The maximum absolute atomic E-state index is 13.8. The van der Waals surface area contributed by atoms with Gasteiger partial charge in [-0.3, -0.25) is 9.59 Å². The van der Waals surface area contributed by atoms with Crippen molar-refractivity contribution in [2.75, 3.05) is 5.32 Å². The van der Waals surface area contributed by atoms with Crippen molar-refractivity contribution in [3.05, 3.63) is 113 Å². The molecule has 4 aromatic carbocycles. The molecule has 1 aliphatic carbocycles. The normalized spacial score (nSPS) is 23.4. The summed E-state index contributed by atoms with van der Waals surface area (Å²) in [6, 6.07) is 27.2. The predicted octanol–water partition coefficient (Wildman–Crippen LogP) is 4.29. The molecule has 0 bridgehead atoms. The van der Waals surface area contributed by atoms with Gasteiger partial charge in [0.15, 0.2) is 5.60 Å². The van der Waals surface area contributed by atoms with Crippen molar-refractivity contribution in [2.24, 2.45) is 0 Å². The number of anilines is 1. The molecule has 0 spiro atoms. The molecule has 32 heavy (non-hydrogen) atoms. The highest BCUT2D eigenvalue weighted by atomic mass is 16.5. The van der Waals surface area contributed by atoms with Crippen LogP contribution in [0, 0.1) is 0 Å². The van der Waals surface area contributed by atoms with Crippen molar-refractivity contribution in [1.29, 1.82) is 0 Å². The Morgan fingerprint density at radius 3 is 2.28 bits per heavy atom. The number of aliphatic hydroxyl groups is 1. The molecule has 0 fully saturated rings. The van der Waals surface area contributed by atoms with Gasteiger partial charge in [0.1, 0.15) is 0 Å². The van der Waals surface area contributed by atoms with Gasteiger partial charge in [-0.2, -0.15) is 0 Å². The predicted molar refractivity (Wildman–Crippen MR) is 120 cm³/mol. The maximum atomic E-state index is 13.8. The molecule has 0 radical (unpaired) electrons. The summed E-state index contributed by atoms with van der Waals surface area (Å²) in [5.74, 6) is -1.10. The monoisotopic (exact) mass is 421 g/mol. The number of rotatable bonds is 4. The topological polar surface area (TPSA) is 75.6 Å². The van der Waals surface area contributed by atoms with Crippen LogP contribution in [0.15, 0.2) is 91.0 Å². The molecule has 0 saturated heterocycles. The summed E-state index contributed by atoms with van der Waals surface area (Å²) in [7, 11) is 0.